The lowest BCUT2D eigenvalue weighted by Crippen LogP contribution is -2.19. The van der Waals surface area contributed by atoms with Crippen LogP contribution in [-0.4, -0.2) is 45.4 Å². The predicted octanol–water partition coefficient (Wildman–Crippen LogP) is 3.84. The van der Waals surface area contributed by atoms with Crippen LogP contribution in [0.25, 0.3) is 0 Å². The van der Waals surface area contributed by atoms with Crippen LogP contribution in [0.15, 0.2) is 0 Å². The van der Waals surface area contributed by atoms with E-state index in [0.717, 1.165) is 0 Å². The summed E-state index contributed by atoms with van der Waals surface area (Å²) < 4.78 is 47.7. The molecule has 0 aromatic carbocycles. The number of hydrogen-bond acceptors (Lipinski definition) is 7. The first-order valence-electron chi connectivity index (χ1n) is 7.86. The fraction of sp³-hybridized carbons (Fsp3) is 1.00. The summed E-state index contributed by atoms with van der Waals surface area (Å²) >= 11 is 0. The van der Waals surface area contributed by atoms with Gasteiger partial charge in [-0.25, -0.2) is 0 Å². The Kier molecular flexibility index (Phi) is 11.9. The van der Waals surface area contributed by atoms with Crippen molar-refractivity contribution in [3.63, 3.8) is 0 Å². The van der Waals surface area contributed by atoms with Gasteiger partial charge in [0.15, 0.2) is 5.40 Å². The maximum absolute atomic E-state index is 13.1. The molecule has 1 N–H and O–H groups in total. The SMILES string of the molecule is CCOP(=O)(OCC)C(CCCNC)P(=O)(OCC)OCC. The first kappa shape index (κ1) is 22.3. The van der Waals surface area contributed by atoms with Crippen molar-refractivity contribution in [2.24, 2.45) is 0 Å². The first-order chi connectivity index (χ1) is 10.4. The fourth-order valence-electron chi connectivity index (χ4n) is 2.09. The molecule has 0 bridgehead atoms. The zero-order valence-electron chi connectivity index (χ0n) is 14.4. The Morgan fingerprint density at radius 3 is 1.45 bits per heavy atom. The summed E-state index contributed by atoms with van der Waals surface area (Å²) in [5.74, 6) is 0. The maximum Gasteiger partial charge on any atom is 0.345 e. The second-order valence-electron chi connectivity index (χ2n) is 4.48. The predicted molar refractivity (Wildman–Crippen MR) is 88.7 cm³/mol. The molecule has 0 saturated carbocycles. The van der Waals surface area contributed by atoms with Gasteiger partial charge < -0.3 is 23.4 Å². The Hall–Kier alpha value is 0.260. The second kappa shape index (κ2) is 11.7. The highest BCUT2D eigenvalue weighted by atomic mass is 31.2. The first-order valence-corrected chi connectivity index (χ1v) is 11.1. The third kappa shape index (κ3) is 6.79. The molecule has 0 aromatic heterocycles. The molecule has 0 radical (unpaired) electrons. The van der Waals surface area contributed by atoms with E-state index in [1.807, 2.05) is 7.05 Å². The van der Waals surface area contributed by atoms with Crippen LogP contribution in [-0.2, 0) is 27.2 Å². The van der Waals surface area contributed by atoms with Gasteiger partial charge in [0.25, 0.3) is 0 Å². The largest absolute Gasteiger partial charge is 0.345 e. The molecule has 0 aliphatic carbocycles. The van der Waals surface area contributed by atoms with Crippen molar-refractivity contribution in [2.75, 3.05) is 40.0 Å². The average Bonchev–Trinajstić information content (AvgIpc) is 2.44. The molecular weight excluding hydrogens is 328 g/mol. The molecule has 134 valence electrons. The van der Waals surface area contributed by atoms with Crippen LogP contribution in [0.5, 0.6) is 0 Å². The van der Waals surface area contributed by atoms with E-state index >= 15 is 0 Å². The van der Waals surface area contributed by atoms with Crippen molar-refractivity contribution in [2.45, 2.75) is 45.9 Å². The van der Waals surface area contributed by atoms with Crippen molar-refractivity contribution in [1.82, 2.24) is 5.32 Å². The second-order valence-corrected chi connectivity index (χ2v) is 9.32. The van der Waals surface area contributed by atoms with Gasteiger partial charge in [0, 0.05) is 0 Å². The van der Waals surface area contributed by atoms with Gasteiger partial charge in [-0.15, -0.1) is 0 Å². The highest BCUT2D eigenvalue weighted by molar-refractivity contribution is 7.72. The van der Waals surface area contributed by atoms with E-state index in [4.69, 9.17) is 18.1 Å². The fourth-order valence-corrected chi connectivity index (χ4v) is 7.55. The molecule has 0 heterocycles. The van der Waals surface area contributed by atoms with Crippen LogP contribution in [0, 0.1) is 0 Å². The molecule has 9 heteroatoms. The van der Waals surface area contributed by atoms with Crippen LogP contribution >= 0.6 is 15.2 Å². The monoisotopic (exact) mass is 359 g/mol. The topological polar surface area (TPSA) is 83.1 Å². The Morgan fingerprint density at radius 2 is 1.18 bits per heavy atom. The van der Waals surface area contributed by atoms with Crippen molar-refractivity contribution < 1.29 is 27.2 Å². The summed E-state index contributed by atoms with van der Waals surface area (Å²) in [7, 11) is -5.36. The smallest absolute Gasteiger partial charge is 0.320 e. The van der Waals surface area contributed by atoms with Crippen molar-refractivity contribution >= 4 is 15.2 Å². The van der Waals surface area contributed by atoms with E-state index in [2.05, 4.69) is 5.32 Å². The van der Waals surface area contributed by atoms with Crippen molar-refractivity contribution in [1.29, 1.82) is 0 Å². The number of rotatable bonds is 14. The summed E-state index contributed by atoms with van der Waals surface area (Å²) in [6.07, 6.45) is 1.03. The Balaban J connectivity index is 5.54. The standard InChI is InChI=1S/C13H31NO6P2/c1-6-17-21(15,18-7-2)13(11-10-12-14-5)22(16,19-8-3)20-9-4/h13-14H,6-12H2,1-5H3. The lowest BCUT2D eigenvalue weighted by molar-refractivity contribution is 0.193. The summed E-state index contributed by atoms with van der Waals surface area (Å²) in [5.41, 5.74) is 0. The highest BCUT2D eigenvalue weighted by Crippen LogP contribution is 2.71. The van der Waals surface area contributed by atoms with Crippen LogP contribution in [0.4, 0.5) is 0 Å². The van der Waals surface area contributed by atoms with E-state index in [0.29, 0.717) is 19.4 Å². The van der Waals surface area contributed by atoms with E-state index < -0.39 is 20.6 Å². The van der Waals surface area contributed by atoms with E-state index in [1.54, 1.807) is 27.7 Å². The van der Waals surface area contributed by atoms with Crippen LogP contribution in [0.2, 0.25) is 0 Å². The number of nitrogens with one attached hydrogen (secondary N) is 1. The minimum atomic E-state index is -3.59. The molecule has 0 spiro atoms. The van der Waals surface area contributed by atoms with Gasteiger partial charge in [0.05, 0.1) is 26.4 Å². The van der Waals surface area contributed by atoms with Gasteiger partial charge >= 0.3 is 15.2 Å². The molecule has 0 fully saturated rings. The summed E-state index contributed by atoms with van der Waals surface area (Å²) in [5, 5.41) is 2.10. The number of hydrogen-bond donors (Lipinski definition) is 1. The molecule has 0 atom stereocenters. The lowest BCUT2D eigenvalue weighted by Gasteiger charge is -2.31. The lowest BCUT2D eigenvalue weighted by atomic mass is 10.3. The van der Waals surface area contributed by atoms with Gasteiger partial charge in [-0.1, -0.05) is 0 Å². The summed E-state index contributed by atoms with van der Waals surface area (Å²) in [4.78, 5) is 0. The molecule has 0 saturated heterocycles. The third-order valence-corrected chi connectivity index (χ3v) is 9.00. The quantitative estimate of drug-likeness (QED) is 0.373. The minimum Gasteiger partial charge on any atom is -0.320 e. The van der Waals surface area contributed by atoms with Gasteiger partial charge in [-0.05, 0) is 54.1 Å². The molecule has 0 aliphatic rings. The molecule has 0 rings (SSSR count). The van der Waals surface area contributed by atoms with E-state index in [-0.39, 0.29) is 26.4 Å². The zero-order chi connectivity index (χ0) is 17.1. The maximum atomic E-state index is 13.1. The molecule has 0 amide bonds. The summed E-state index contributed by atoms with van der Waals surface area (Å²) in [6.45, 7) is 8.43. The highest BCUT2D eigenvalue weighted by Gasteiger charge is 2.50. The minimum absolute atomic E-state index is 0.206. The average molecular weight is 359 g/mol. The van der Waals surface area contributed by atoms with Crippen LogP contribution in [0.3, 0.4) is 0 Å². The van der Waals surface area contributed by atoms with Gasteiger partial charge in [-0.3, -0.25) is 9.13 Å². The van der Waals surface area contributed by atoms with Crippen molar-refractivity contribution in [3.8, 4) is 0 Å². The van der Waals surface area contributed by atoms with Crippen molar-refractivity contribution in [3.05, 3.63) is 0 Å². The van der Waals surface area contributed by atoms with E-state index in [9.17, 15) is 9.13 Å². The third-order valence-electron chi connectivity index (χ3n) is 2.86. The Bertz CT molecular complexity index is 330. The molecule has 0 unspecified atom stereocenters. The zero-order valence-corrected chi connectivity index (χ0v) is 16.2. The Morgan fingerprint density at radius 1 is 0.818 bits per heavy atom. The van der Waals surface area contributed by atoms with E-state index in [1.165, 1.54) is 0 Å². The van der Waals surface area contributed by atoms with Gasteiger partial charge in [0.1, 0.15) is 0 Å². The van der Waals surface area contributed by atoms with Gasteiger partial charge in [0.2, 0.25) is 0 Å². The molecule has 22 heavy (non-hydrogen) atoms. The molecule has 7 nitrogen and oxygen atoms in total. The molecular formula is C13H31NO6P2. The van der Waals surface area contributed by atoms with Crippen LogP contribution in [0.1, 0.15) is 40.5 Å². The summed E-state index contributed by atoms with van der Waals surface area (Å²) in [6, 6.07) is 0. The van der Waals surface area contributed by atoms with Crippen LogP contribution < -0.4 is 5.32 Å². The molecule has 0 aromatic rings. The van der Waals surface area contributed by atoms with Gasteiger partial charge in [-0.2, -0.15) is 0 Å². The molecule has 0 aliphatic heterocycles. The Labute approximate surface area is 134 Å². The normalized spacial score (nSPS) is 13.0.